The zero-order valence-electron chi connectivity index (χ0n) is 11.1. The van der Waals surface area contributed by atoms with Crippen molar-refractivity contribution >= 4 is 28.3 Å². The molecule has 108 valence electrons. The largest absolute Gasteiger partial charge is 0.442 e. The molecule has 1 aliphatic heterocycles. The van der Waals surface area contributed by atoms with Crippen LogP contribution in [0.3, 0.4) is 0 Å². The number of carbonyl (C=O) groups excluding carboxylic acids is 2. The van der Waals surface area contributed by atoms with Gasteiger partial charge in [-0.2, -0.15) is 0 Å². The Labute approximate surface area is 125 Å². The quantitative estimate of drug-likeness (QED) is 0.936. The van der Waals surface area contributed by atoms with E-state index in [1.54, 1.807) is 29.3 Å². The predicted octanol–water partition coefficient (Wildman–Crippen LogP) is 1.90. The van der Waals surface area contributed by atoms with Gasteiger partial charge in [-0.15, -0.1) is 11.3 Å². The van der Waals surface area contributed by atoms with Crippen molar-refractivity contribution in [3.05, 3.63) is 47.6 Å². The van der Waals surface area contributed by atoms with Crippen molar-refractivity contribution in [1.82, 2.24) is 10.3 Å². The van der Waals surface area contributed by atoms with E-state index >= 15 is 0 Å². The number of cyclic esters (lactones) is 1. The third kappa shape index (κ3) is 3.03. The summed E-state index contributed by atoms with van der Waals surface area (Å²) < 4.78 is 5.24. The smallest absolute Gasteiger partial charge is 0.415 e. The van der Waals surface area contributed by atoms with Gasteiger partial charge in [-0.25, -0.2) is 4.79 Å². The Morgan fingerprint density at radius 2 is 2.33 bits per heavy atom. The number of anilines is 1. The van der Waals surface area contributed by atoms with Crippen LogP contribution in [0.4, 0.5) is 9.80 Å². The van der Waals surface area contributed by atoms with Crippen LogP contribution in [0, 0.1) is 0 Å². The summed E-state index contributed by atoms with van der Waals surface area (Å²) >= 11 is 1.47. The zero-order valence-corrected chi connectivity index (χ0v) is 11.9. The summed E-state index contributed by atoms with van der Waals surface area (Å²) in [5.41, 5.74) is 0.344. The molecule has 3 heterocycles. The Bertz CT molecular complexity index is 630. The van der Waals surface area contributed by atoms with Crippen molar-refractivity contribution < 1.29 is 14.3 Å². The lowest BCUT2D eigenvalue weighted by Gasteiger charge is -2.10. The number of pyridine rings is 1. The normalized spacial score (nSPS) is 17.6. The van der Waals surface area contributed by atoms with Crippen molar-refractivity contribution in [2.24, 2.45) is 0 Å². The molecular formula is C14H13N3O3S. The van der Waals surface area contributed by atoms with Gasteiger partial charge in [-0.3, -0.25) is 14.7 Å². The lowest BCUT2D eigenvalue weighted by atomic mass is 10.3. The van der Waals surface area contributed by atoms with Gasteiger partial charge < -0.3 is 10.1 Å². The number of hydrogen-bond donors (Lipinski definition) is 1. The van der Waals surface area contributed by atoms with E-state index in [1.165, 1.54) is 11.3 Å². The second-order valence-corrected chi connectivity index (χ2v) is 5.42. The molecule has 0 spiro atoms. The molecule has 1 saturated heterocycles. The van der Waals surface area contributed by atoms with E-state index in [0.29, 0.717) is 12.2 Å². The number of nitrogens with one attached hydrogen (secondary N) is 1. The van der Waals surface area contributed by atoms with Gasteiger partial charge in [0, 0.05) is 6.20 Å². The fourth-order valence-corrected chi connectivity index (χ4v) is 2.76. The summed E-state index contributed by atoms with van der Waals surface area (Å²) in [5, 5.41) is 5.47. The molecule has 0 aromatic carbocycles. The molecule has 2 amide bonds. The van der Waals surface area contributed by atoms with E-state index in [9.17, 15) is 9.59 Å². The number of thiophene rings is 1. The minimum absolute atomic E-state index is 0.267. The number of hydrogen-bond acceptors (Lipinski definition) is 5. The Hall–Kier alpha value is -2.41. The van der Waals surface area contributed by atoms with E-state index in [0.717, 1.165) is 5.00 Å². The molecule has 1 unspecified atom stereocenters. The fourth-order valence-electron chi connectivity index (χ4n) is 2.03. The fraction of sp³-hybridized carbons (Fsp3) is 0.214. The molecule has 3 rings (SSSR count). The maximum Gasteiger partial charge on any atom is 0.415 e. The van der Waals surface area contributed by atoms with Gasteiger partial charge in [0.25, 0.3) is 5.91 Å². The summed E-state index contributed by atoms with van der Waals surface area (Å²) in [7, 11) is 0. The monoisotopic (exact) mass is 303 g/mol. The molecule has 1 aliphatic rings. The lowest BCUT2D eigenvalue weighted by molar-refractivity contribution is 0.0911. The Morgan fingerprint density at radius 3 is 3.05 bits per heavy atom. The topological polar surface area (TPSA) is 71.5 Å². The average molecular weight is 303 g/mol. The third-order valence-electron chi connectivity index (χ3n) is 3.03. The Morgan fingerprint density at radius 1 is 1.43 bits per heavy atom. The van der Waals surface area contributed by atoms with Gasteiger partial charge in [-0.1, -0.05) is 6.07 Å². The zero-order chi connectivity index (χ0) is 14.7. The van der Waals surface area contributed by atoms with Crippen LogP contribution in [-0.4, -0.2) is 36.2 Å². The van der Waals surface area contributed by atoms with Gasteiger partial charge in [0.05, 0.1) is 13.1 Å². The van der Waals surface area contributed by atoms with Crippen molar-refractivity contribution in [1.29, 1.82) is 0 Å². The molecule has 2 aromatic rings. The number of rotatable bonds is 4. The highest BCUT2D eigenvalue weighted by Gasteiger charge is 2.33. The third-order valence-corrected chi connectivity index (χ3v) is 3.93. The maximum absolute atomic E-state index is 11.9. The van der Waals surface area contributed by atoms with Gasteiger partial charge in [0.1, 0.15) is 16.8 Å². The standard InChI is InChI=1S/C14H13N3O3S/c18-13(11-4-1-2-6-15-11)16-8-10-9-17(14(19)20-10)12-5-3-7-21-12/h1-7,10H,8-9H2,(H,16,18). The van der Waals surface area contributed by atoms with Crippen molar-refractivity contribution in [2.75, 3.05) is 18.0 Å². The van der Waals surface area contributed by atoms with Crippen LogP contribution >= 0.6 is 11.3 Å². The first-order chi connectivity index (χ1) is 10.2. The molecule has 1 atom stereocenters. The molecule has 0 bridgehead atoms. The average Bonchev–Trinajstić information content (AvgIpc) is 3.15. The molecular weight excluding hydrogens is 290 g/mol. The predicted molar refractivity (Wildman–Crippen MR) is 78.5 cm³/mol. The van der Waals surface area contributed by atoms with E-state index in [2.05, 4.69) is 10.3 Å². The summed E-state index contributed by atoms with van der Waals surface area (Å²) in [6, 6.07) is 8.86. The highest BCUT2D eigenvalue weighted by Crippen LogP contribution is 2.26. The van der Waals surface area contributed by atoms with Crippen molar-refractivity contribution in [3.63, 3.8) is 0 Å². The molecule has 6 nitrogen and oxygen atoms in total. The first kappa shape index (κ1) is 13.6. The Kier molecular flexibility index (Phi) is 3.83. The van der Waals surface area contributed by atoms with E-state index in [1.807, 2.05) is 17.5 Å². The van der Waals surface area contributed by atoms with Crippen LogP contribution < -0.4 is 10.2 Å². The molecule has 2 aromatic heterocycles. The van der Waals surface area contributed by atoms with Gasteiger partial charge in [-0.05, 0) is 29.6 Å². The number of amides is 2. The number of nitrogens with zero attached hydrogens (tertiary/aromatic N) is 2. The van der Waals surface area contributed by atoms with Gasteiger partial charge in [0.15, 0.2) is 0 Å². The molecule has 1 fully saturated rings. The van der Waals surface area contributed by atoms with Gasteiger partial charge in [0.2, 0.25) is 0 Å². The van der Waals surface area contributed by atoms with Crippen LogP contribution in [0.25, 0.3) is 0 Å². The molecule has 21 heavy (non-hydrogen) atoms. The molecule has 7 heteroatoms. The SMILES string of the molecule is O=C(NCC1CN(c2cccs2)C(=O)O1)c1ccccn1. The first-order valence-electron chi connectivity index (χ1n) is 6.45. The molecule has 0 radical (unpaired) electrons. The van der Waals surface area contributed by atoms with E-state index < -0.39 is 0 Å². The van der Waals surface area contributed by atoms with Crippen molar-refractivity contribution in [3.8, 4) is 0 Å². The summed E-state index contributed by atoms with van der Waals surface area (Å²) in [5.74, 6) is -0.277. The Balaban J connectivity index is 1.55. The number of aromatic nitrogens is 1. The second-order valence-electron chi connectivity index (χ2n) is 4.49. The number of carbonyl (C=O) groups is 2. The van der Waals surface area contributed by atoms with Crippen molar-refractivity contribution in [2.45, 2.75) is 6.10 Å². The summed E-state index contributed by atoms with van der Waals surface area (Å²) in [6.45, 7) is 0.699. The van der Waals surface area contributed by atoms with E-state index in [-0.39, 0.29) is 24.6 Å². The van der Waals surface area contributed by atoms with Crippen LogP contribution in [0.2, 0.25) is 0 Å². The minimum Gasteiger partial charge on any atom is -0.442 e. The molecule has 1 N–H and O–H groups in total. The van der Waals surface area contributed by atoms with Crippen LogP contribution in [0.1, 0.15) is 10.5 Å². The highest BCUT2D eigenvalue weighted by molar-refractivity contribution is 7.14. The molecule has 0 saturated carbocycles. The van der Waals surface area contributed by atoms with Crippen LogP contribution in [-0.2, 0) is 4.74 Å². The molecule has 0 aliphatic carbocycles. The van der Waals surface area contributed by atoms with E-state index in [4.69, 9.17) is 4.74 Å². The highest BCUT2D eigenvalue weighted by atomic mass is 32.1. The number of ether oxygens (including phenoxy) is 1. The minimum atomic E-state index is -0.380. The summed E-state index contributed by atoms with van der Waals surface area (Å²) in [4.78, 5) is 29.2. The first-order valence-corrected chi connectivity index (χ1v) is 7.33. The maximum atomic E-state index is 11.9. The van der Waals surface area contributed by atoms with Gasteiger partial charge >= 0.3 is 6.09 Å². The van der Waals surface area contributed by atoms with Crippen LogP contribution in [0.15, 0.2) is 41.9 Å². The second kappa shape index (κ2) is 5.92. The summed E-state index contributed by atoms with van der Waals surface area (Å²) in [6.07, 6.45) is 0.824. The lowest BCUT2D eigenvalue weighted by Crippen LogP contribution is -2.34. The van der Waals surface area contributed by atoms with Crippen LogP contribution in [0.5, 0.6) is 0 Å².